The van der Waals surface area contributed by atoms with Crippen molar-refractivity contribution in [2.75, 3.05) is 7.11 Å². The van der Waals surface area contributed by atoms with Crippen molar-refractivity contribution in [2.24, 2.45) is 0 Å². The zero-order valence-corrected chi connectivity index (χ0v) is 16.7. The first-order chi connectivity index (χ1) is 13.4. The van der Waals surface area contributed by atoms with Gasteiger partial charge in [-0.25, -0.2) is 0 Å². The van der Waals surface area contributed by atoms with E-state index in [2.05, 4.69) is 4.98 Å². The quantitative estimate of drug-likeness (QED) is 0.628. The summed E-state index contributed by atoms with van der Waals surface area (Å²) in [5.41, 5.74) is 2.32. The molecule has 0 fully saturated rings. The number of hydrogen-bond acceptors (Lipinski definition) is 4. The molecule has 2 aromatic carbocycles. The third-order valence-electron chi connectivity index (χ3n) is 4.15. The molecule has 0 unspecified atom stereocenters. The standard InChI is InChI=1S/C21H16Cl2N2O3/c1-12-7-16(17(10-24)21(26)25-12)13-3-5-19(27-2)14(8-13)11-28-20-6-4-15(22)9-18(20)23/h3-9H,11H2,1-2H3,(H,25,26). The summed E-state index contributed by atoms with van der Waals surface area (Å²) in [6.07, 6.45) is 0. The lowest BCUT2D eigenvalue weighted by Crippen LogP contribution is -2.12. The van der Waals surface area contributed by atoms with Crippen molar-refractivity contribution >= 4 is 23.2 Å². The maximum atomic E-state index is 12.1. The number of aromatic amines is 1. The third-order valence-corrected chi connectivity index (χ3v) is 4.68. The van der Waals surface area contributed by atoms with Crippen LogP contribution in [0.3, 0.4) is 0 Å². The lowest BCUT2D eigenvalue weighted by atomic mass is 9.99. The fourth-order valence-corrected chi connectivity index (χ4v) is 3.30. The largest absolute Gasteiger partial charge is 0.496 e. The van der Waals surface area contributed by atoms with E-state index in [4.69, 9.17) is 32.7 Å². The topological polar surface area (TPSA) is 75.1 Å². The second-order valence-corrected chi connectivity index (χ2v) is 6.92. The Kier molecular flexibility index (Phi) is 5.93. The number of ether oxygens (including phenoxy) is 2. The van der Waals surface area contributed by atoms with Gasteiger partial charge in [-0.05, 0) is 48.9 Å². The highest BCUT2D eigenvalue weighted by Crippen LogP contribution is 2.31. The summed E-state index contributed by atoms with van der Waals surface area (Å²) in [5.74, 6) is 1.11. The first kappa shape index (κ1) is 19.8. The molecule has 3 aromatic rings. The monoisotopic (exact) mass is 414 g/mol. The van der Waals surface area contributed by atoms with Crippen LogP contribution < -0.4 is 15.0 Å². The summed E-state index contributed by atoms with van der Waals surface area (Å²) in [6, 6.07) is 14.1. The van der Waals surface area contributed by atoms with Crippen molar-refractivity contribution < 1.29 is 9.47 Å². The van der Waals surface area contributed by atoms with Gasteiger partial charge < -0.3 is 14.5 Å². The van der Waals surface area contributed by atoms with Crippen molar-refractivity contribution in [2.45, 2.75) is 13.5 Å². The van der Waals surface area contributed by atoms with Gasteiger partial charge in [-0.1, -0.05) is 29.3 Å². The molecule has 5 nitrogen and oxygen atoms in total. The predicted molar refractivity (Wildman–Crippen MR) is 109 cm³/mol. The van der Waals surface area contributed by atoms with Crippen molar-refractivity contribution in [1.29, 1.82) is 5.26 Å². The van der Waals surface area contributed by atoms with Gasteiger partial charge in [0.05, 0.1) is 12.1 Å². The van der Waals surface area contributed by atoms with E-state index in [9.17, 15) is 10.1 Å². The Morgan fingerprint density at radius 2 is 1.86 bits per heavy atom. The molecule has 0 aliphatic rings. The Morgan fingerprint density at radius 3 is 2.54 bits per heavy atom. The highest BCUT2D eigenvalue weighted by Gasteiger charge is 2.14. The number of nitrogens with one attached hydrogen (secondary N) is 1. The molecule has 28 heavy (non-hydrogen) atoms. The molecule has 0 aliphatic carbocycles. The first-order valence-electron chi connectivity index (χ1n) is 8.32. The molecule has 0 amide bonds. The van der Waals surface area contributed by atoms with Gasteiger partial charge in [0, 0.05) is 21.8 Å². The predicted octanol–water partition coefficient (Wildman–Crippen LogP) is 5.12. The van der Waals surface area contributed by atoms with Crippen molar-refractivity contribution in [3.05, 3.63) is 79.7 Å². The number of pyridine rings is 1. The Bertz CT molecular complexity index is 1130. The van der Waals surface area contributed by atoms with E-state index in [0.29, 0.717) is 38.4 Å². The number of hydrogen-bond donors (Lipinski definition) is 1. The molecular formula is C21H16Cl2N2O3. The van der Waals surface area contributed by atoms with E-state index in [1.165, 1.54) is 0 Å². The molecule has 0 aliphatic heterocycles. The van der Waals surface area contributed by atoms with Gasteiger partial charge in [-0.3, -0.25) is 4.79 Å². The Labute approximate surface area is 172 Å². The smallest absolute Gasteiger partial charge is 0.266 e. The third kappa shape index (κ3) is 4.14. The molecule has 1 heterocycles. The van der Waals surface area contributed by atoms with Crippen LogP contribution in [-0.4, -0.2) is 12.1 Å². The molecule has 0 saturated carbocycles. The van der Waals surface area contributed by atoms with Crippen LogP contribution in [0.4, 0.5) is 0 Å². The summed E-state index contributed by atoms with van der Waals surface area (Å²) in [5, 5.41) is 10.3. The first-order valence-corrected chi connectivity index (χ1v) is 9.07. The minimum atomic E-state index is -0.418. The zero-order valence-electron chi connectivity index (χ0n) is 15.2. The van der Waals surface area contributed by atoms with Crippen LogP contribution in [0.2, 0.25) is 10.0 Å². The Balaban J connectivity index is 2.00. The van der Waals surface area contributed by atoms with Gasteiger partial charge in [0.25, 0.3) is 5.56 Å². The van der Waals surface area contributed by atoms with Crippen LogP contribution in [0.25, 0.3) is 11.1 Å². The number of H-pyrrole nitrogens is 1. The molecule has 0 atom stereocenters. The molecule has 0 bridgehead atoms. The number of aryl methyl sites for hydroxylation is 1. The number of methoxy groups -OCH3 is 1. The zero-order chi connectivity index (χ0) is 20.3. The number of rotatable bonds is 5. The molecule has 7 heteroatoms. The molecular weight excluding hydrogens is 399 g/mol. The molecule has 3 rings (SSSR count). The summed E-state index contributed by atoms with van der Waals surface area (Å²) < 4.78 is 11.2. The van der Waals surface area contributed by atoms with Crippen LogP contribution in [-0.2, 0) is 6.61 Å². The number of nitrogens with zero attached hydrogens (tertiary/aromatic N) is 1. The fraction of sp³-hybridized carbons (Fsp3) is 0.143. The molecule has 1 aromatic heterocycles. The number of halogens is 2. The van der Waals surface area contributed by atoms with Crippen LogP contribution in [0.1, 0.15) is 16.8 Å². The molecule has 1 N–H and O–H groups in total. The van der Waals surface area contributed by atoms with E-state index < -0.39 is 5.56 Å². The summed E-state index contributed by atoms with van der Waals surface area (Å²) >= 11 is 12.1. The van der Waals surface area contributed by atoms with E-state index in [1.807, 2.05) is 12.1 Å². The average Bonchev–Trinajstić information content (AvgIpc) is 2.66. The van der Waals surface area contributed by atoms with Gasteiger partial charge in [0.15, 0.2) is 0 Å². The van der Waals surface area contributed by atoms with E-state index in [0.717, 1.165) is 5.56 Å². The highest BCUT2D eigenvalue weighted by molar-refractivity contribution is 6.35. The fourth-order valence-electron chi connectivity index (χ4n) is 2.83. The normalized spacial score (nSPS) is 10.4. The van der Waals surface area contributed by atoms with E-state index in [1.54, 1.807) is 50.4 Å². The second-order valence-electron chi connectivity index (χ2n) is 6.07. The van der Waals surface area contributed by atoms with Crippen LogP contribution in [0.5, 0.6) is 11.5 Å². The molecule has 0 radical (unpaired) electrons. The SMILES string of the molecule is COc1ccc(-c2cc(C)[nH]c(=O)c2C#N)cc1COc1ccc(Cl)cc1Cl. The van der Waals surface area contributed by atoms with E-state index in [-0.39, 0.29) is 12.2 Å². The lowest BCUT2D eigenvalue weighted by Gasteiger charge is -2.14. The Morgan fingerprint density at radius 1 is 1.11 bits per heavy atom. The maximum Gasteiger partial charge on any atom is 0.266 e. The summed E-state index contributed by atoms with van der Waals surface area (Å²) in [4.78, 5) is 14.7. The number of nitriles is 1. The van der Waals surface area contributed by atoms with Crippen molar-refractivity contribution in [1.82, 2.24) is 4.98 Å². The average molecular weight is 415 g/mol. The minimum absolute atomic E-state index is 0.0587. The molecule has 0 saturated heterocycles. The van der Waals surface area contributed by atoms with Gasteiger partial charge in [0.2, 0.25) is 0 Å². The Hall–Kier alpha value is -2.94. The van der Waals surface area contributed by atoms with Crippen LogP contribution in [0, 0.1) is 18.3 Å². The van der Waals surface area contributed by atoms with Crippen molar-refractivity contribution in [3.63, 3.8) is 0 Å². The van der Waals surface area contributed by atoms with Crippen molar-refractivity contribution in [3.8, 4) is 28.7 Å². The summed E-state index contributed by atoms with van der Waals surface area (Å²) in [6.45, 7) is 1.95. The number of aromatic nitrogens is 1. The van der Waals surface area contributed by atoms with Crippen LogP contribution in [0.15, 0.2) is 47.3 Å². The number of benzene rings is 2. The van der Waals surface area contributed by atoms with Gasteiger partial charge in [0.1, 0.15) is 29.7 Å². The van der Waals surface area contributed by atoms with Crippen LogP contribution >= 0.6 is 23.2 Å². The van der Waals surface area contributed by atoms with E-state index >= 15 is 0 Å². The molecule has 0 spiro atoms. The van der Waals surface area contributed by atoms with Gasteiger partial charge in [-0.15, -0.1) is 0 Å². The second kappa shape index (κ2) is 8.39. The van der Waals surface area contributed by atoms with Gasteiger partial charge >= 0.3 is 0 Å². The maximum absolute atomic E-state index is 12.1. The summed E-state index contributed by atoms with van der Waals surface area (Å²) in [7, 11) is 1.56. The minimum Gasteiger partial charge on any atom is -0.496 e. The van der Waals surface area contributed by atoms with Gasteiger partial charge in [-0.2, -0.15) is 5.26 Å². The highest BCUT2D eigenvalue weighted by atomic mass is 35.5. The lowest BCUT2D eigenvalue weighted by molar-refractivity contribution is 0.297. The molecule has 142 valence electrons.